The lowest BCUT2D eigenvalue weighted by Crippen LogP contribution is -2.60. The average molecular weight is 565 g/mol. The van der Waals surface area contributed by atoms with Gasteiger partial charge in [-0.15, -0.1) is 0 Å². The number of aliphatic hydroxyl groups is 5. The normalized spacial score (nSPS) is 52.8. The van der Waals surface area contributed by atoms with E-state index in [0.717, 1.165) is 38.5 Å². The third-order valence-corrected chi connectivity index (χ3v) is 12.6. The van der Waals surface area contributed by atoms with Crippen LogP contribution < -0.4 is 0 Å². The van der Waals surface area contributed by atoms with Crippen LogP contribution in [-0.4, -0.2) is 87.8 Å². The van der Waals surface area contributed by atoms with Crippen LogP contribution in [0.15, 0.2) is 11.6 Å². The van der Waals surface area contributed by atoms with Gasteiger partial charge in [-0.25, -0.2) is 0 Å². The molecule has 0 aromatic heterocycles. The van der Waals surface area contributed by atoms with Gasteiger partial charge in [-0.2, -0.15) is 0 Å². The minimum absolute atomic E-state index is 0.129. The smallest absolute Gasteiger partial charge is 0.186 e. The Balaban J connectivity index is 1.11. The summed E-state index contributed by atoms with van der Waals surface area (Å²) < 4.78 is 18.5. The van der Waals surface area contributed by atoms with Gasteiger partial charge < -0.3 is 39.7 Å². The highest BCUT2D eigenvalue weighted by Gasteiger charge is 2.63. The van der Waals surface area contributed by atoms with Gasteiger partial charge in [-0.05, 0) is 105 Å². The van der Waals surface area contributed by atoms with Crippen molar-refractivity contribution in [1.29, 1.82) is 0 Å². The van der Waals surface area contributed by atoms with E-state index in [-0.39, 0.29) is 18.1 Å². The summed E-state index contributed by atoms with van der Waals surface area (Å²) in [5.41, 5.74) is 1.97. The zero-order valence-corrected chi connectivity index (χ0v) is 24.5. The van der Waals surface area contributed by atoms with Crippen molar-refractivity contribution >= 4 is 0 Å². The molecule has 5 N–H and O–H groups in total. The summed E-state index contributed by atoms with van der Waals surface area (Å²) in [7, 11) is 0. The molecule has 2 aliphatic heterocycles. The first-order chi connectivity index (χ1) is 19.1. The lowest BCUT2D eigenvalue weighted by atomic mass is 9.47. The zero-order valence-electron chi connectivity index (χ0n) is 24.5. The molecule has 228 valence electrons. The van der Waals surface area contributed by atoms with E-state index in [2.05, 4.69) is 26.8 Å². The van der Waals surface area contributed by atoms with Crippen LogP contribution in [0, 0.1) is 40.4 Å². The molecule has 0 amide bonds. The van der Waals surface area contributed by atoms with E-state index in [4.69, 9.17) is 14.2 Å². The molecule has 0 aromatic carbocycles. The van der Waals surface area contributed by atoms with E-state index in [1.807, 2.05) is 0 Å². The molecule has 15 atom stereocenters. The molecule has 3 saturated carbocycles. The Hall–Kier alpha value is -0.580. The lowest BCUT2D eigenvalue weighted by molar-refractivity contribution is -0.313. The maximum atomic E-state index is 10.5. The lowest BCUT2D eigenvalue weighted by Gasteiger charge is -2.58. The van der Waals surface area contributed by atoms with Crippen LogP contribution in [0.5, 0.6) is 0 Å². The van der Waals surface area contributed by atoms with Gasteiger partial charge in [0.25, 0.3) is 0 Å². The van der Waals surface area contributed by atoms with Crippen LogP contribution >= 0.6 is 0 Å². The maximum absolute atomic E-state index is 10.5. The zero-order chi connectivity index (χ0) is 28.4. The summed E-state index contributed by atoms with van der Waals surface area (Å²) in [4.78, 5) is 0. The molecule has 6 rings (SSSR count). The molecule has 13 unspecified atom stereocenters. The van der Waals surface area contributed by atoms with Gasteiger partial charge in [0.15, 0.2) is 6.29 Å². The second-order valence-corrected chi connectivity index (χ2v) is 14.7. The number of rotatable bonds is 7. The van der Waals surface area contributed by atoms with Crippen molar-refractivity contribution in [3.05, 3.63) is 11.6 Å². The van der Waals surface area contributed by atoms with E-state index in [0.29, 0.717) is 47.2 Å². The summed E-state index contributed by atoms with van der Waals surface area (Å²) in [6.45, 7) is 6.96. The minimum Gasteiger partial charge on any atom is -0.396 e. The Bertz CT molecular complexity index is 940. The van der Waals surface area contributed by atoms with E-state index in [1.165, 1.54) is 31.3 Å². The van der Waals surface area contributed by atoms with Crippen LogP contribution in [0.2, 0.25) is 0 Å². The highest BCUT2D eigenvalue weighted by atomic mass is 16.7. The van der Waals surface area contributed by atoms with Crippen molar-refractivity contribution in [3.63, 3.8) is 0 Å². The SMILES string of the molecule is C[C@@H](CO)CCC1CC2C(CC3C4CC=C5CC(OC6OC(CO)C(O)C(O)C6O)CCC5(C)[C@H]4CCC23C)O1. The summed E-state index contributed by atoms with van der Waals surface area (Å²) in [5.74, 6) is 3.07. The predicted octanol–water partition coefficient (Wildman–Crippen LogP) is 2.93. The summed E-state index contributed by atoms with van der Waals surface area (Å²) in [6.07, 6.45) is 7.77. The Kier molecular flexibility index (Phi) is 8.23. The number of allylic oxidation sites excluding steroid dienone is 1. The van der Waals surface area contributed by atoms with Crippen molar-refractivity contribution in [2.24, 2.45) is 40.4 Å². The molecule has 2 saturated heterocycles. The van der Waals surface area contributed by atoms with E-state index < -0.39 is 37.3 Å². The van der Waals surface area contributed by atoms with Gasteiger partial charge in [0.05, 0.1) is 24.9 Å². The molecule has 0 aromatic rings. The van der Waals surface area contributed by atoms with E-state index in [1.54, 1.807) is 0 Å². The molecule has 0 bridgehead atoms. The summed E-state index contributed by atoms with van der Waals surface area (Å²) in [6, 6.07) is 0. The van der Waals surface area contributed by atoms with Gasteiger partial charge in [0.2, 0.25) is 0 Å². The van der Waals surface area contributed by atoms with Crippen molar-refractivity contribution in [2.75, 3.05) is 13.2 Å². The first kappa shape index (κ1) is 29.5. The van der Waals surface area contributed by atoms with Crippen LogP contribution in [0.4, 0.5) is 0 Å². The molecule has 4 aliphatic carbocycles. The van der Waals surface area contributed by atoms with Gasteiger partial charge in [0, 0.05) is 6.61 Å². The van der Waals surface area contributed by atoms with Gasteiger partial charge in [-0.1, -0.05) is 32.4 Å². The summed E-state index contributed by atoms with van der Waals surface area (Å²) >= 11 is 0. The Morgan fingerprint density at radius 1 is 0.975 bits per heavy atom. The van der Waals surface area contributed by atoms with Gasteiger partial charge in [-0.3, -0.25) is 0 Å². The van der Waals surface area contributed by atoms with E-state index in [9.17, 15) is 25.5 Å². The minimum atomic E-state index is -1.41. The molecule has 40 heavy (non-hydrogen) atoms. The quantitative estimate of drug-likeness (QED) is 0.299. The van der Waals surface area contributed by atoms with E-state index >= 15 is 0 Å². The van der Waals surface area contributed by atoms with Crippen LogP contribution in [-0.2, 0) is 14.2 Å². The topological polar surface area (TPSA) is 129 Å². The Morgan fingerprint density at radius 3 is 2.52 bits per heavy atom. The molecule has 5 fully saturated rings. The van der Waals surface area contributed by atoms with Gasteiger partial charge in [0.1, 0.15) is 24.4 Å². The summed E-state index contributed by atoms with van der Waals surface area (Å²) in [5, 5.41) is 49.7. The Morgan fingerprint density at radius 2 is 1.77 bits per heavy atom. The van der Waals surface area contributed by atoms with Crippen molar-refractivity contribution in [2.45, 2.75) is 134 Å². The number of hydrogen-bond donors (Lipinski definition) is 5. The molecule has 8 heteroatoms. The Labute approximate surface area is 239 Å². The highest BCUT2D eigenvalue weighted by Crippen LogP contribution is 2.68. The molecular formula is C32H52O8. The largest absolute Gasteiger partial charge is 0.396 e. The first-order valence-electron chi connectivity index (χ1n) is 16.0. The second kappa shape index (κ2) is 11.2. The maximum Gasteiger partial charge on any atom is 0.186 e. The molecular weight excluding hydrogens is 512 g/mol. The number of ether oxygens (including phenoxy) is 3. The first-order valence-corrected chi connectivity index (χ1v) is 16.0. The fourth-order valence-electron chi connectivity index (χ4n) is 10.1. The van der Waals surface area contributed by atoms with Crippen molar-refractivity contribution in [3.8, 4) is 0 Å². The predicted molar refractivity (Wildman–Crippen MR) is 148 cm³/mol. The number of fused-ring (bicyclic) bond motifs is 7. The standard InChI is InChI=1S/C32H52O8/c1-17(15-33)4-6-19-13-24-25(38-19)14-23-21-7-5-18-12-20(8-10-31(18,2)22(21)9-11-32(23,24)3)39-30-29(37)28(36)27(35)26(16-34)40-30/h5,17,19-30,33-37H,4,6-16H2,1-3H3/t17-,19?,20?,21?,22+,23?,24?,25?,26?,27?,28?,29?,30?,31?,32?/m1/s1. The van der Waals surface area contributed by atoms with Crippen LogP contribution in [0.3, 0.4) is 0 Å². The molecule has 6 aliphatic rings. The third kappa shape index (κ3) is 4.83. The monoisotopic (exact) mass is 564 g/mol. The average Bonchev–Trinajstić information content (AvgIpc) is 3.48. The molecule has 2 heterocycles. The van der Waals surface area contributed by atoms with Crippen molar-refractivity contribution < 1.29 is 39.7 Å². The number of aliphatic hydroxyl groups excluding tert-OH is 5. The van der Waals surface area contributed by atoms with Gasteiger partial charge >= 0.3 is 0 Å². The van der Waals surface area contributed by atoms with Crippen molar-refractivity contribution in [1.82, 2.24) is 0 Å². The molecule has 8 nitrogen and oxygen atoms in total. The van der Waals surface area contributed by atoms with Crippen LogP contribution in [0.1, 0.15) is 85.0 Å². The molecule has 0 spiro atoms. The fraction of sp³-hybridized carbons (Fsp3) is 0.938. The second-order valence-electron chi connectivity index (χ2n) is 14.7. The fourth-order valence-corrected chi connectivity index (χ4v) is 10.1. The molecule has 0 radical (unpaired) electrons. The van der Waals surface area contributed by atoms with Crippen LogP contribution in [0.25, 0.3) is 0 Å². The number of hydrogen-bond acceptors (Lipinski definition) is 8. The third-order valence-electron chi connectivity index (χ3n) is 12.6. The highest BCUT2D eigenvalue weighted by molar-refractivity contribution is 5.26.